The summed E-state index contributed by atoms with van der Waals surface area (Å²) in [4.78, 5) is 84.5. The standard InChI is InChI=1S/C44H83N7O9Si/c1-12-13-14-19-22-36-31(5)42(56)51(9)35(25-29(2)3)40(54)50-37(32-20-17-15-16-18-21-32)41(55)49-34(27-46-43(57)58)39(53)48-33(38(52)47-30(4)28-59-36)26-45-23-24-60-61(10,11)44(6,7)8/h29-37,45-46H,12-28H2,1-11H3,(H,47,52)(H,48,53)(H,49,55)(H,50,54)(H,57,58)/t30-,31-,33+,34+,35+,36-,37+/m1/s1. The molecular formula is C44H83N7O9Si. The topological polar surface area (TPSA) is 217 Å². The Kier molecular flexibility index (Phi) is 23.3. The summed E-state index contributed by atoms with van der Waals surface area (Å²) >= 11 is 0. The second-order valence-electron chi connectivity index (χ2n) is 19.4. The minimum absolute atomic E-state index is 0.00607. The Bertz CT molecular complexity index is 1400. The number of carbonyl (C=O) groups is 6. The van der Waals surface area contributed by atoms with E-state index < -0.39 is 86.8 Å². The van der Waals surface area contributed by atoms with Crippen LogP contribution in [-0.4, -0.2) is 130 Å². The lowest BCUT2D eigenvalue weighted by atomic mass is 9.90. The van der Waals surface area contributed by atoms with Crippen LogP contribution in [0.3, 0.4) is 0 Å². The van der Waals surface area contributed by atoms with Crippen molar-refractivity contribution in [1.82, 2.24) is 36.8 Å². The molecule has 2 rings (SSSR count). The predicted molar refractivity (Wildman–Crippen MR) is 240 cm³/mol. The molecule has 7 atom stereocenters. The predicted octanol–water partition coefficient (Wildman–Crippen LogP) is 4.67. The van der Waals surface area contributed by atoms with Crippen molar-refractivity contribution in [2.75, 3.05) is 39.9 Å². The third kappa shape index (κ3) is 18.5. The molecule has 0 aromatic carbocycles. The fourth-order valence-corrected chi connectivity index (χ4v) is 8.74. The van der Waals surface area contributed by atoms with Crippen LogP contribution in [0.25, 0.3) is 0 Å². The van der Waals surface area contributed by atoms with Gasteiger partial charge in [0.05, 0.1) is 25.2 Å². The van der Waals surface area contributed by atoms with Crippen LogP contribution in [-0.2, 0) is 33.1 Å². The van der Waals surface area contributed by atoms with Gasteiger partial charge in [-0.15, -0.1) is 0 Å². The second kappa shape index (κ2) is 26.4. The first-order chi connectivity index (χ1) is 28.6. The number of carbonyl (C=O) groups excluding carboxylic acids is 5. The van der Waals surface area contributed by atoms with E-state index >= 15 is 0 Å². The quantitative estimate of drug-likeness (QED) is 0.0646. The fourth-order valence-electron chi connectivity index (χ4n) is 7.70. The number of hydrogen-bond acceptors (Lipinski definition) is 9. The molecule has 2 fully saturated rings. The Labute approximate surface area is 367 Å². The molecule has 352 valence electrons. The zero-order valence-corrected chi connectivity index (χ0v) is 40.4. The normalized spacial score (nSPS) is 26.6. The molecule has 1 heterocycles. The maximum absolute atomic E-state index is 14.4. The SMILES string of the molecule is CCCCCC[C@H]1OC[C@@H](C)NC(=O)[C@H](CNCCO[Si](C)(C)C(C)(C)C)NC(=O)[C@H](CNC(=O)O)NC(=O)[C@H](C2CCCCCC2)NC(=O)[C@H](CC(C)C)N(C)C(=O)[C@@H]1C. The molecule has 0 aromatic rings. The molecular weight excluding hydrogens is 799 g/mol. The van der Waals surface area contributed by atoms with E-state index in [1.807, 2.05) is 20.8 Å². The summed E-state index contributed by atoms with van der Waals surface area (Å²) in [5, 5.41) is 26.4. The van der Waals surface area contributed by atoms with E-state index in [4.69, 9.17) is 9.16 Å². The molecule has 0 aromatic heterocycles. The number of unbranched alkanes of at least 4 members (excludes halogenated alkanes) is 3. The average Bonchev–Trinajstić information content (AvgIpc) is 3.47. The molecule has 16 nitrogen and oxygen atoms in total. The zero-order valence-electron chi connectivity index (χ0n) is 39.4. The lowest BCUT2D eigenvalue weighted by Crippen LogP contribution is -2.63. The lowest BCUT2D eigenvalue weighted by Gasteiger charge is -2.36. The van der Waals surface area contributed by atoms with Crippen molar-refractivity contribution in [3.8, 4) is 0 Å². The summed E-state index contributed by atoms with van der Waals surface area (Å²) in [7, 11) is -0.420. The summed E-state index contributed by atoms with van der Waals surface area (Å²) in [6.07, 6.45) is 7.94. The zero-order chi connectivity index (χ0) is 45.9. The van der Waals surface area contributed by atoms with E-state index in [-0.39, 0.29) is 35.9 Å². The van der Waals surface area contributed by atoms with Gasteiger partial charge in [-0.2, -0.15) is 0 Å². The van der Waals surface area contributed by atoms with Crippen molar-refractivity contribution >= 4 is 43.9 Å². The van der Waals surface area contributed by atoms with Crippen LogP contribution in [0.4, 0.5) is 4.79 Å². The van der Waals surface area contributed by atoms with E-state index in [1.54, 1.807) is 14.0 Å². The molecule has 1 aliphatic carbocycles. The van der Waals surface area contributed by atoms with Gasteiger partial charge in [0.25, 0.3) is 0 Å². The molecule has 1 saturated heterocycles. The Balaban J connectivity index is 2.61. The summed E-state index contributed by atoms with van der Waals surface area (Å²) in [6, 6.07) is -5.06. The first kappa shape index (κ1) is 53.9. The van der Waals surface area contributed by atoms with Crippen LogP contribution in [0, 0.1) is 17.8 Å². The van der Waals surface area contributed by atoms with Gasteiger partial charge < -0.3 is 51.1 Å². The molecule has 61 heavy (non-hydrogen) atoms. The van der Waals surface area contributed by atoms with Crippen LogP contribution in [0.15, 0.2) is 0 Å². The highest BCUT2D eigenvalue weighted by Crippen LogP contribution is 2.36. The van der Waals surface area contributed by atoms with Gasteiger partial charge in [0.1, 0.15) is 24.2 Å². The summed E-state index contributed by atoms with van der Waals surface area (Å²) in [5.41, 5.74) is 0. The first-order valence-electron chi connectivity index (χ1n) is 23.0. The minimum atomic E-state index is -2.04. The van der Waals surface area contributed by atoms with Gasteiger partial charge in [-0.3, -0.25) is 24.0 Å². The number of rotatable bonds is 16. The van der Waals surface area contributed by atoms with Crippen LogP contribution in [0.2, 0.25) is 18.1 Å². The van der Waals surface area contributed by atoms with E-state index in [2.05, 4.69) is 72.7 Å². The van der Waals surface area contributed by atoms with Crippen molar-refractivity contribution in [2.45, 2.75) is 187 Å². The van der Waals surface area contributed by atoms with Crippen molar-refractivity contribution in [2.24, 2.45) is 17.8 Å². The van der Waals surface area contributed by atoms with Crippen LogP contribution < -0.4 is 31.9 Å². The molecule has 17 heteroatoms. The lowest BCUT2D eigenvalue weighted by molar-refractivity contribution is -0.147. The van der Waals surface area contributed by atoms with Crippen molar-refractivity contribution in [3.63, 3.8) is 0 Å². The monoisotopic (exact) mass is 882 g/mol. The number of nitrogens with zero attached hydrogens (tertiary/aromatic N) is 1. The van der Waals surface area contributed by atoms with Gasteiger partial charge in [0.2, 0.25) is 29.5 Å². The van der Waals surface area contributed by atoms with Crippen molar-refractivity contribution in [3.05, 3.63) is 0 Å². The van der Waals surface area contributed by atoms with Gasteiger partial charge in [0.15, 0.2) is 8.32 Å². The van der Waals surface area contributed by atoms with E-state index in [0.717, 1.165) is 51.4 Å². The maximum atomic E-state index is 14.4. The highest BCUT2D eigenvalue weighted by Gasteiger charge is 2.40. The first-order valence-corrected chi connectivity index (χ1v) is 25.9. The molecule has 7 N–H and O–H groups in total. The van der Waals surface area contributed by atoms with Crippen LogP contribution in [0.1, 0.15) is 132 Å². The van der Waals surface area contributed by atoms with Crippen molar-refractivity contribution in [1.29, 1.82) is 0 Å². The van der Waals surface area contributed by atoms with Gasteiger partial charge in [-0.05, 0) is 62.6 Å². The van der Waals surface area contributed by atoms with Crippen molar-refractivity contribution < 1.29 is 43.0 Å². The average molecular weight is 882 g/mol. The van der Waals surface area contributed by atoms with Gasteiger partial charge >= 0.3 is 6.09 Å². The van der Waals surface area contributed by atoms with Gasteiger partial charge in [-0.25, -0.2) is 4.79 Å². The number of likely N-dealkylation sites (N-methyl/N-ethyl adjacent to an activating group) is 1. The maximum Gasteiger partial charge on any atom is 0.404 e. The molecule has 0 unspecified atom stereocenters. The van der Waals surface area contributed by atoms with Gasteiger partial charge in [-0.1, -0.05) is 99.8 Å². The largest absolute Gasteiger partial charge is 0.465 e. The summed E-state index contributed by atoms with van der Waals surface area (Å²) in [5.74, 6) is -3.53. The fraction of sp³-hybridized carbons (Fsp3) is 0.864. The molecule has 0 radical (unpaired) electrons. The van der Waals surface area contributed by atoms with Crippen LogP contribution in [0.5, 0.6) is 0 Å². The summed E-state index contributed by atoms with van der Waals surface area (Å²) in [6.45, 7) is 20.8. The molecule has 1 aliphatic heterocycles. The van der Waals surface area contributed by atoms with E-state index in [0.29, 0.717) is 38.8 Å². The number of nitrogens with one attached hydrogen (secondary N) is 6. The minimum Gasteiger partial charge on any atom is -0.465 e. The third-order valence-electron chi connectivity index (χ3n) is 12.6. The molecule has 0 bridgehead atoms. The highest BCUT2D eigenvalue weighted by molar-refractivity contribution is 6.74. The van der Waals surface area contributed by atoms with Crippen LogP contribution >= 0.6 is 0 Å². The molecule has 2 aliphatic rings. The molecule has 1 saturated carbocycles. The third-order valence-corrected chi connectivity index (χ3v) is 17.2. The summed E-state index contributed by atoms with van der Waals surface area (Å²) < 4.78 is 12.7. The molecule has 6 amide bonds. The Hall–Kier alpha value is -3.28. The Morgan fingerprint density at radius 1 is 0.885 bits per heavy atom. The van der Waals surface area contributed by atoms with E-state index in [1.165, 1.54) is 4.90 Å². The Morgan fingerprint density at radius 3 is 2.08 bits per heavy atom. The van der Waals surface area contributed by atoms with E-state index in [9.17, 15) is 33.9 Å². The number of hydrogen-bond donors (Lipinski definition) is 7. The highest BCUT2D eigenvalue weighted by atomic mass is 28.4. The molecule has 0 spiro atoms. The smallest absolute Gasteiger partial charge is 0.404 e. The Morgan fingerprint density at radius 2 is 1.49 bits per heavy atom. The number of amides is 6. The number of carboxylic acid groups (broad SMARTS) is 1. The number of ether oxygens (including phenoxy) is 1. The second-order valence-corrected chi connectivity index (χ2v) is 24.2. The van der Waals surface area contributed by atoms with Gasteiger partial charge in [0, 0.05) is 32.8 Å².